The molecule has 1 aliphatic rings. The van der Waals surface area contributed by atoms with E-state index in [1.807, 2.05) is 0 Å². The van der Waals surface area contributed by atoms with Gasteiger partial charge in [-0.05, 0) is 47.2 Å². The standard InChI is InChI=1S/C18H11Cl2FN2O2/c19-9-2-1-8-5-14(22)16-15(11(8)6-9)17(24)23-18(16,25)12-7-10(21)3-4-13(12)20/h1-7,25H,22H2,(H,23,24). The Kier molecular flexibility index (Phi) is 3.44. The molecule has 1 unspecified atom stereocenters. The Morgan fingerprint density at radius 2 is 1.88 bits per heavy atom. The summed E-state index contributed by atoms with van der Waals surface area (Å²) in [5.41, 5.74) is 4.61. The first-order valence-electron chi connectivity index (χ1n) is 7.34. The zero-order valence-electron chi connectivity index (χ0n) is 12.6. The second kappa shape index (κ2) is 5.33. The molecule has 0 saturated heterocycles. The summed E-state index contributed by atoms with van der Waals surface area (Å²) < 4.78 is 13.7. The molecule has 1 atom stereocenters. The molecule has 0 aliphatic carbocycles. The van der Waals surface area contributed by atoms with E-state index in [0.29, 0.717) is 15.8 Å². The van der Waals surface area contributed by atoms with Gasteiger partial charge in [0.2, 0.25) is 0 Å². The van der Waals surface area contributed by atoms with Crippen molar-refractivity contribution < 1.29 is 14.3 Å². The van der Waals surface area contributed by atoms with Crippen LogP contribution in [0.5, 0.6) is 0 Å². The minimum Gasteiger partial charge on any atom is -0.398 e. The molecule has 25 heavy (non-hydrogen) atoms. The number of halogens is 3. The van der Waals surface area contributed by atoms with Gasteiger partial charge in [0.05, 0.1) is 5.56 Å². The Hall–Kier alpha value is -2.34. The summed E-state index contributed by atoms with van der Waals surface area (Å²) >= 11 is 12.2. The molecule has 3 aromatic carbocycles. The van der Waals surface area contributed by atoms with E-state index in [4.69, 9.17) is 28.9 Å². The van der Waals surface area contributed by atoms with E-state index in [-0.39, 0.29) is 27.4 Å². The Balaban J connectivity index is 2.10. The van der Waals surface area contributed by atoms with Crippen molar-refractivity contribution in [1.29, 1.82) is 0 Å². The number of fused-ring (bicyclic) bond motifs is 3. The molecule has 0 spiro atoms. The van der Waals surface area contributed by atoms with Crippen LogP contribution in [-0.4, -0.2) is 11.0 Å². The highest BCUT2D eigenvalue weighted by Crippen LogP contribution is 2.44. The van der Waals surface area contributed by atoms with Crippen LogP contribution in [0.15, 0.2) is 42.5 Å². The average molecular weight is 377 g/mol. The first kappa shape index (κ1) is 16.1. The SMILES string of the molecule is Nc1cc2ccc(Cl)cc2c2c1C(O)(c1cc(F)ccc1Cl)NC2=O. The topological polar surface area (TPSA) is 75.3 Å². The van der Waals surface area contributed by atoms with Gasteiger partial charge in [0, 0.05) is 26.9 Å². The smallest absolute Gasteiger partial charge is 0.255 e. The highest BCUT2D eigenvalue weighted by molar-refractivity contribution is 6.32. The third-order valence-corrected chi connectivity index (χ3v) is 4.90. The number of aliphatic hydroxyl groups is 1. The summed E-state index contributed by atoms with van der Waals surface area (Å²) in [5, 5.41) is 15.5. The highest BCUT2D eigenvalue weighted by atomic mass is 35.5. The molecule has 4 rings (SSSR count). The number of carbonyl (C=O) groups is 1. The van der Waals surface area contributed by atoms with Crippen LogP contribution >= 0.6 is 23.2 Å². The van der Waals surface area contributed by atoms with E-state index in [0.717, 1.165) is 12.1 Å². The summed E-state index contributed by atoms with van der Waals surface area (Å²) in [5.74, 6) is -1.14. The first-order valence-corrected chi connectivity index (χ1v) is 8.09. The molecular weight excluding hydrogens is 366 g/mol. The van der Waals surface area contributed by atoms with E-state index >= 15 is 0 Å². The second-order valence-corrected chi connectivity index (χ2v) is 6.71. The van der Waals surface area contributed by atoms with E-state index in [2.05, 4.69) is 5.32 Å². The van der Waals surface area contributed by atoms with Crippen LogP contribution in [0.25, 0.3) is 10.8 Å². The molecule has 0 fully saturated rings. The van der Waals surface area contributed by atoms with Gasteiger partial charge in [-0.15, -0.1) is 0 Å². The molecule has 3 aromatic rings. The van der Waals surface area contributed by atoms with Crippen LogP contribution in [0.1, 0.15) is 21.5 Å². The van der Waals surface area contributed by atoms with Crippen LogP contribution in [-0.2, 0) is 5.72 Å². The predicted octanol–water partition coefficient (Wildman–Crippen LogP) is 3.80. The molecule has 0 aromatic heterocycles. The van der Waals surface area contributed by atoms with Crippen molar-refractivity contribution in [2.75, 3.05) is 5.73 Å². The van der Waals surface area contributed by atoms with Gasteiger partial charge < -0.3 is 16.2 Å². The lowest BCUT2D eigenvalue weighted by molar-refractivity contribution is 0.0479. The van der Waals surface area contributed by atoms with Crippen molar-refractivity contribution in [1.82, 2.24) is 5.32 Å². The van der Waals surface area contributed by atoms with Crippen molar-refractivity contribution in [3.05, 3.63) is 75.0 Å². The normalized spacial score (nSPS) is 19.1. The van der Waals surface area contributed by atoms with Gasteiger partial charge in [0.15, 0.2) is 5.72 Å². The summed E-state index contributed by atoms with van der Waals surface area (Å²) in [4.78, 5) is 12.6. The number of nitrogens with one attached hydrogen (secondary N) is 1. The zero-order valence-corrected chi connectivity index (χ0v) is 14.1. The molecule has 0 radical (unpaired) electrons. The van der Waals surface area contributed by atoms with Gasteiger partial charge in [-0.1, -0.05) is 29.3 Å². The monoisotopic (exact) mass is 376 g/mol. The lowest BCUT2D eigenvalue weighted by atomic mass is 9.90. The van der Waals surface area contributed by atoms with Crippen LogP contribution in [0.2, 0.25) is 10.0 Å². The van der Waals surface area contributed by atoms with Gasteiger partial charge in [-0.25, -0.2) is 4.39 Å². The zero-order chi connectivity index (χ0) is 17.9. The highest BCUT2D eigenvalue weighted by Gasteiger charge is 2.46. The minimum absolute atomic E-state index is 0.00865. The molecule has 1 heterocycles. The third kappa shape index (κ3) is 2.28. The Bertz CT molecular complexity index is 1070. The van der Waals surface area contributed by atoms with Crippen LogP contribution < -0.4 is 11.1 Å². The fraction of sp³-hybridized carbons (Fsp3) is 0.0556. The summed E-state index contributed by atoms with van der Waals surface area (Å²) in [6.07, 6.45) is 0. The number of hydrogen-bond acceptors (Lipinski definition) is 3. The average Bonchev–Trinajstić information content (AvgIpc) is 2.83. The van der Waals surface area contributed by atoms with Crippen molar-refractivity contribution in [2.45, 2.75) is 5.72 Å². The Morgan fingerprint density at radius 3 is 2.64 bits per heavy atom. The minimum atomic E-state index is -2.04. The molecule has 0 bridgehead atoms. The van der Waals surface area contributed by atoms with Crippen molar-refractivity contribution >= 4 is 45.6 Å². The van der Waals surface area contributed by atoms with E-state index < -0.39 is 17.4 Å². The van der Waals surface area contributed by atoms with Crippen LogP contribution in [0.4, 0.5) is 10.1 Å². The third-order valence-electron chi connectivity index (χ3n) is 4.34. The van der Waals surface area contributed by atoms with Gasteiger partial charge in [-0.2, -0.15) is 0 Å². The van der Waals surface area contributed by atoms with Gasteiger partial charge in [0.1, 0.15) is 5.82 Å². The quantitative estimate of drug-likeness (QED) is 0.565. The number of carbonyl (C=O) groups excluding carboxylic acids is 1. The molecular formula is C18H11Cl2FN2O2. The molecule has 4 N–H and O–H groups in total. The fourth-order valence-corrected chi connectivity index (χ4v) is 3.71. The van der Waals surface area contributed by atoms with Gasteiger partial charge >= 0.3 is 0 Å². The number of rotatable bonds is 1. The number of amides is 1. The predicted molar refractivity (Wildman–Crippen MR) is 95.2 cm³/mol. The lowest BCUT2D eigenvalue weighted by Gasteiger charge is -2.26. The molecule has 0 saturated carbocycles. The summed E-state index contributed by atoms with van der Waals surface area (Å²) in [7, 11) is 0. The van der Waals surface area contributed by atoms with Gasteiger partial charge in [-0.3, -0.25) is 4.79 Å². The van der Waals surface area contributed by atoms with Gasteiger partial charge in [0.25, 0.3) is 5.91 Å². The van der Waals surface area contributed by atoms with Crippen LogP contribution in [0.3, 0.4) is 0 Å². The molecule has 126 valence electrons. The van der Waals surface area contributed by atoms with E-state index in [1.54, 1.807) is 24.3 Å². The largest absolute Gasteiger partial charge is 0.398 e. The maximum absolute atomic E-state index is 13.7. The number of anilines is 1. The maximum Gasteiger partial charge on any atom is 0.255 e. The first-order chi connectivity index (χ1) is 11.8. The Labute approximate surface area is 152 Å². The summed E-state index contributed by atoms with van der Waals surface area (Å²) in [6, 6.07) is 10.2. The maximum atomic E-state index is 13.7. The fourth-order valence-electron chi connectivity index (χ4n) is 3.28. The molecule has 1 aliphatic heterocycles. The Morgan fingerprint density at radius 1 is 1.12 bits per heavy atom. The number of nitrogen functional groups attached to an aromatic ring is 1. The van der Waals surface area contributed by atoms with Crippen molar-refractivity contribution in [2.24, 2.45) is 0 Å². The number of benzene rings is 3. The van der Waals surface area contributed by atoms with Crippen LogP contribution in [0, 0.1) is 5.82 Å². The number of nitrogens with two attached hydrogens (primary N) is 1. The van der Waals surface area contributed by atoms with Crippen molar-refractivity contribution in [3.8, 4) is 0 Å². The second-order valence-electron chi connectivity index (χ2n) is 5.87. The number of hydrogen-bond donors (Lipinski definition) is 3. The van der Waals surface area contributed by atoms with E-state index in [9.17, 15) is 14.3 Å². The van der Waals surface area contributed by atoms with Crippen molar-refractivity contribution in [3.63, 3.8) is 0 Å². The van der Waals surface area contributed by atoms with E-state index in [1.165, 1.54) is 6.07 Å². The summed E-state index contributed by atoms with van der Waals surface area (Å²) in [6.45, 7) is 0. The molecule has 4 nitrogen and oxygen atoms in total. The molecule has 1 amide bonds. The lowest BCUT2D eigenvalue weighted by Crippen LogP contribution is -2.40. The molecule has 7 heteroatoms.